The van der Waals surface area contributed by atoms with E-state index in [1.165, 1.54) is 0 Å². The van der Waals surface area contributed by atoms with Crippen molar-refractivity contribution in [3.63, 3.8) is 0 Å². The number of carbonyl (C=O) groups is 2. The fourth-order valence-corrected chi connectivity index (χ4v) is 5.48. The number of fused-ring (bicyclic) bond motifs is 1. The van der Waals surface area contributed by atoms with Gasteiger partial charge in [0.05, 0.1) is 24.2 Å². The standard InChI is InChI=1S/C21H22ClN3O3S/c22-15-1-2-17-16(10-15)19(27)24-21(23-17)12-20(28-13-21)4-6-25(7-5-20)18(26)9-14-3-8-29-11-14/h1-3,8,10-11,23H,4-7,9,12-13H2,(H,24,27). The molecule has 0 radical (unpaired) electrons. The maximum atomic E-state index is 12.6. The fourth-order valence-electron chi connectivity index (χ4n) is 4.64. The summed E-state index contributed by atoms with van der Waals surface area (Å²) < 4.78 is 6.26. The number of hydrogen-bond acceptors (Lipinski definition) is 5. The van der Waals surface area contributed by atoms with Gasteiger partial charge in [0.2, 0.25) is 5.91 Å². The summed E-state index contributed by atoms with van der Waals surface area (Å²) in [6, 6.07) is 7.30. The van der Waals surface area contributed by atoms with E-state index in [0.29, 0.717) is 43.1 Å². The zero-order chi connectivity index (χ0) is 20.1. The Balaban J connectivity index is 1.25. The van der Waals surface area contributed by atoms with E-state index in [2.05, 4.69) is 10.6 Å². The van der Waals surface area contributed by atoms with Crippen LogP contribution in [-0.2, 0) is 16.0 Å². The summed E-state index contributed by atoms with van der Waals surface area (Å²) in [4.78, 5) is 27.2. The molecule has 0 aliphatic carbocycles. The first-order valence-corrected chi connectivity index (χ1v) is 11.1. The Labute approximate surface area is 178 Å². The lowest BCUT2D eigenvalue weighted by molar-refractivity contribution is -0.135. The van der Waals surface area contributed by atoms with E-state index in [0.717, 1.165) is 24.1 Å². The zero-order valence-electron chi connectivity index (χ0n) is 15.9. The number of halogens is 1. The molecule has 29 heavy (non-hydrogen) atoms. The minimum absolute atomic E-state index is 0.134. The van der Waals surface area contributed by atoms with Crippen LogP contribution in [0.3, 0.4) is 0 Å². The number of anilines is 1. The highest BCUT2D eigenvalue weighted by molar-refractivity contribution is 7.08. The number of nitrogens with zero attached hydrogens (tertiary/aromatic N) is 1. The molecule has 1 aromatic heterocycles. The highest BCUT2D eigenvalue weighted by atomic mass is 35.5. The van der Waals surface area contributed by atoms with E-state index >= 15 is 0 Å². The van der Waals surface area contributed by atoms with Gasteiger partial charge in [0.1, 0.15) is 5.66 Å². The van der Waals surface area contributed by atoms with Crippen molar-refractivity contribution in [3.8, 4) is 0 Å². The number of amides is 2. The molecule has 3 aliphatic heterocycles. The van der Waals surface area contributed by atoms with E-state index in [-0.39, 0.29) is 17.4 Å². The summed E-state index contributed by atoms with van der Waals surface area (Å²) in [5.74, 6) is 0.0335. The Morgan fingerprint density at radius 3 is 2.83 bits per heavy atom. The SMILES string of the molecule is O=C1NC2(COC3(CCN(C(=O)Cc4ccsc4)CC3)C2)Nc2ccc(Cl)cc21. The summed E-state index contributed by atoms with van der Waals surface area (Å²) in [5, 5.41) is 11.1. The van der Waals surface area contributed by atoms with E-state index < -0.39 is 5.66 Å². The van der Waals surface area contributed by atoms with Gasteiger partial charge in [0, 0.05) is 30.2 Å². The van der Waals surface area contributed by atoms with Gasteiger partial charge in [-0.1, -0.05) is 11.6 Å². The molecule has 2 fully saturated rings. The van der Waals surface area contributed by atoms with Gasteiger partial charge in [-0.15, -0.1) is 0 Å². The predicted octanol–water partition coefficient (Wildman–Crippen LogP) is 3.28. The van der Waals surface area contributed by atoms with Gasteiger partial charge in [-0.05, 0) is 53.4 Å². The van der Waals surface area contributed by atoms with Gasteiger partial charge in [0.25, 0.3) is 5.91 Å². The number of carbonyl (C=O) groups excluding carboxylic acids is 2. The Kier molecular flexibility index (Phi) is 4.57. The van der Waals surface area contributed by atoms with E-state index in [4.69, 9.17) is 16.3 Å². The van der Waals surface area contributed by atoms with Crippen LogP contribution >= 0.6 is 22.9 Å². The molecular formula is C21H22ClN3O3S. The van der Waals surface area contributed by atoms with Crippen molar-refractivity contribution in [1.29, 1.82) is 0 Å². The molecule has 6 nitrogen and oxygen atoms in total. The van der Waals surface area contributed by atoms with Crippen molar-refractivity contribution in [3.05, 3.63) is 51.2 Å². The molecule has 1 atom stereocenters. The second kappa shape index (κ2) is 7.00. The van der Waals surface area contributed by atoms with E-state index in [1.54, 1.807) is 23.5 Å². The number of piperidine rings is 1. The second-order valence-electron chi connectivity index (χ2n) is 8.19. The van der Waals surface area contributed by atoms with Gasteiger partial charge < -0.3 is 20.3 Å². The first kappa shape index (κ1) is 18.9. The fraction of sp³-hybridized carbons (Fsp3) is 0.429. The Hall–Kier alpha value is -2.09. The van der Waals surface area contributed by atoms with Gasteiger partial charge in [-0.25, -0.2) is 0 Å². The quantitative estimate of drug-likeness (QED) is 0.765. The van der Waals surface area contributed by atoms with Crippen molar-refractivity contribution in [2.75, 3.05) is 25.0 Å². The molecule has 2 N–H and O–H groups in total. The van der Waals surface area contributed by atoms with Gasteiger partial charge in [-0.2, -0.15) is 11.3 Å². The highest BCUT2D eigenvalue weighted by Crippen LogP contribution is 2.43. The van der Waals surface area contributed by atoms with Crippen molar-refractivity contribution in [1.82, 2.24) is 10.2 Å². The smallest absolute Gasteiger partial charge is 0.255 e. The van der Waals surface area contributed by atoms with Crippen LogP contribution in [0.25, 0.3) is 0 Å². The van der Waals surface area contributed by atoms with Gasteiger partial charge >= 0.3 is 0 Å². The van der Waals surface area contributed by atoms with Crippen molar-refractivity contribution >= 4 is 40.4 Å². The minimum atomic E-state index is -0.610. The third-order valence-corrected chi connectivity index (χ3v) is 7.13. The van der Waals surface area contributed by atoms with Crippen LogP contribution in [0.5, 0.6) is 0 Å². The number of hydrogen-bond donors (Lipinski definition) is 2. The molecule has 2 saturated heterocycles. The molecule has 0 bridgehead atoms. The minimum Gasteiger partial charge on any atom is -0.370 e. The van der Waals surface area contributed by atoms with Crippen LogP contribution in [0.1, 0.15) is 35.2 Å². The van der Waals surface area contributed by atoms with Gasteiger partial charge in [-0.3, -0.25) is 9.59 Å². The number of benzene rings is 1. The first-order valence-electron chi connectivity index (χ1n) is 9.79. The normalized spacial score (nSPS) is 25.0. The molecule has 2 amide bonds. The molecule has 1 unspecified atom stereocenters. The Morgan fingerprint density at radius 1 is 1.24 bits per heavy atom. The van der Waals surface area contributed by atoms with Gasteiger partial charge in [0.15, 0.2) is 0 Å². The van der Waals surface area contributed by atoms with Crippen LogP contribution in [0.15, 0.2) is 35.0 Å². The number of ether oxygens (including phenoxy) is 1. The highest BCUT2D eigenvalue weighted by Gasteiger charge is 2.53. The maximum absolute atomic E-state index is 12.6. The number of likely N-dealkylation sites (tertiary alicyclic amines) is 1. The molecule has 4 heterocycles. The third-order valence-electron chi connectivity index (χ3n) is 6.16. The summed E-state index contributed by atoms with van der Waals surface area (Å²) in [7, 11) is 0. The lowest BCUT2D eigenvalue weighted by Gasteiger charge is -2.41. The monoisotopic (exact) mass is 431 g/mol. The van der Waals surface area contributed by atoms with Crippen LogP contribution in [0.4, 0.5) is 5.69 Å². The van der Waals surface area contributed by atoms with Crippen LogP contribution in [0, 0.1) is 0 Å². The molecule has 2 aromatic rings. The Morgan fingerprint density at radius 2 is 2.07 bits per heavy atom. The lowest BCUT2D eigenvalue weighted by Crippen LogP contribution is -2.59. The molecule has 8 heteroatoms. The molecule has 152 valence electrons. The van der Waals surface area contributed by atoms with Crippen molar-refractivity contribution in [2.24, 2.45) is 0 Å². The average Bonchev–Trinajstić information content (AvgIpc) is 3.32. The summed E-state index contributed by atoms with van der Waals surface area (Å²) in [5.41, 5.74) is 1.48. The molecule has 0 saturated carbocycles. The second-order valence-corrected chi connectivity index (χ2v) is 9.41. The number of rotatable bonds is 2. The van der Waals surface area contributed by atoms with Crippen LogP contribution < -0.4 is 10.6 Å². The maximum Gasteiger partial charge on any atom is 0.255 e. The number of nitrogens with one attached hydrogen (secondary N) is 2. The van der Waals surface area contributed by atoms with E-state index in [9.17, 15) is 9.59 Å². The zero-order valence-corrected chi connectivity index (χ0v) is 17.4. The first-order chi connectivity index (χ1) is 14.0. The summed E-state index contributed by atoms with van der Waals surface area (Å²) in [6.07, 6.45) is 2.68. The Bertz CT molecular complexity index is 956. The van der Waals surface area contributed by atoms with E-state index in [1.807, 2.05) is 27.8 Å². The molecule has 5 rings (SSSR count). The summed E-state index contributed by atoms with van der Waals surface area (Å²) in [6.45, 7) is 1.77. The number of thiophene rings is 1. The van der Waals surface area contributed by atoms with Crippen molar-refractivity contribution < 1.29 is 14.3 Å². The molecule has 3 aliphatic rings. The topological polar surface area (TPSA) is 70.7 Å². The molecular weight excluding hydrogens is 410 g/mol. The average molecular weight is 432 g/mol. The van der Waals surface area contributed by atoms with Crippen molar-refractivity contribution in [2.45, 2.75) is 36.9 Å². The largest absolute Gasteiger partial charge is 0.370 e. The predicted molar refractivity (Wildman–Crippen MR) is 112 cm³/mol. The third kappa shape index (κ3) is 3.52. The van der Waals surface area contributed by atoms with Crippen LogP contribution in [-0.4, -0.2) is 47.7 Å². The lowest BCUT2D eigenvalue weighted by atomic mass is 9.84. The molecule has 2 spiro atoms. The van der Waals surface area contributed by atoms with Crippen LogP contribution in [0.2, 0.25) is 5.02 Å². The summed E-state index contributed by atoms with van der Waals surface area (Å²) >= 11 is 7.64. The molecule has 1 aromatic carbocycles.